The monoisotopic (exact) mass is 1600 g/mol. The van der Waals surface area contributed by atoms with Gasteiger partial charge >= 0.3 is 0 Å². The molecular weight excluding hydrogens is 1550 g/mol. The van der Waals surface area contributed by atoms with E-state index < -0.39 is 0 Å². The van der Waals surface area contributed by atoms with E-state index in [-0.39, 0.29) is 168 Å². The van der Waals surface area contributed by atoms with Crippen LogP contribution in [0.5, 0.6) is 0 Å². The van der Waals surface area contributed by atoms with Crippen LogP contribution in [0.3, 0.4) is 0 Å². The van der Waals surface area contributed by atoms with Crippen molar-refractivity contribution in [2.45, 2.75) is 0 Å². The molecule has 0 rings (SSSR count). The number of hydrogen-bond acceptors (Lipinski definition) is 0. The Morgan fingerprint density at radius 1 is 0.160 bits per heavy atom. The topological polar surface area (TPSA) is 0 Å². The second-order valence-corrected chi connectivity index (χ2v) is 211. The zero-order valence-electron chi connectivity index (χ0n) is 25.6. The fourth-order valence-electron chi connectivity index (χ4n) is 2.91. The van der Waals surface area contributed by atoms with Gasteiger partial charge in [0.15, 0.2) is 0 Å². The second-order valence-electron chi connectivity index (χ2n) is 7.82. The van der Waals surface area contributed by atoms with E-state index in [1.165, 1.54) is 0 Å². The minimum absolute atomic E-state index is 0.139. The number of rotatable bonds is 23. The quantitative estimate of drug-likeness (QED) is 0.0895. The predicted octanol–water partition coefficient (Wildman–Crippen LogP) is 29.7. The zero-order valence-corrected chi connectivity index (χ0v) is 76.8. The van der Waals surface area contributed by atoms with Crippen LogP contribution < -0.4 is 0 Å². The van der Waals surface area contributed by atoms with Gasteiger partial charge in [-0.1, -0.05) is 17.9 Å². The average Bonchev–Trinajstić information content (AvgIpc) is 2.88. The highest BCUT2D eigenvalue weighted by atomic mass is 33.6. The lowest BCUT2D eigenvalue weighted by molar-refractivity contribution is 4.35. The summed E-state index contributed by atoms with van der Waals surface area (Å²) in [7, 11) is 92.1. The first-order valence-electron chi connectivity index (χ1n) is 11.2. The van der Waals surface area contributed by atoms with Gasteiger partial charge in [-0.3, -0.25) is 0 Å². The van der Waals surface area contributed by atoms with Crippen molar-refractivity contribution in [1.29, 1.82) is 0 Å². The maximum atomic E-state index is 4.41. The second kappa shape index (κ2) is 39.0. The molecule has 27 unspecified atom stereocenters. The Morgan fingerprint density at radius 2 is 0.280 bits per heavy atom. The van der Waals surface area contributed by atoms with E-state index >= 15 is 0 Å². The third-order valence-electron chi connectivity index (χ3n) is 4.26. The summed E-state index contributed by atoms with van der Waals surface area (Å²) in [4.78, 5) is 0. The van der Waals surface area contributed by atoms with Crippen LogP contribution in [0.25, 0.3) is 0 Å². The molecule has 0 aromatic carbocycles. The highest BCUT2D eigenvalue weighted by Gasteiger charge is 2.58. The first kappa shape index (κ1) is 71.5. The largest absolute Gasteiger partial charge is 0.102 e. The van der Waals surface area contributed by atoms with Crippen molar-refractivity contribution in [3.05, 3.63) is 0 Å². The fraction of sp³-hybridized carbons (Fsp3) is 0. The van der Waals surface area contributed by atoms with Crippen molar-refractivity contribution in [3.8, 4) is 0 Å². The van der Waals surface area contributed by atoms with Crippen LogP contribution in [-0.2, 0) is 0 Å². The Bertz CT molecular complexity index is 730. The number of hydrogen-bond donors (Lipinski definition) is 0. The smallest absolute Gasteiger partial charge is 0.0000146 e. The molecule has 2 radical (unpaired) electrons. The van der Waals surface area contributed by atoms with Crippen LogP contribution >= 0.6 is 400 Å². The lowest BCUT2D eigenvalue weighted by Crippen LogP contribution is -1.71. The van der Waals surface area contributed by atoms with Gasteiger partial charge < -0.3 is 0 Å². The third-order valence-corrected chi connectivity index (χ3v) is 345. The minimum atomic E-state index is -0.387. The van der Waals surface area contributed by atoms with Gasteiger partial charge in [-0.25, -0.2) is 0 Å². The van der Waals surface area contributed by atoms with E-state index in [0.717, 1.165) is 0 Å². The lowest BCUT2D eigenvalue weighted by atomic mass is 28.4. The summed E-state index contributed by atoms with van der Waals surface area (Å²) in [5, 5.41) is 0. The maximum absolute atomic E-state index is 4.41. The van der Waals surface area contributed by atoms with Crippen molar-refractivity contribution in [2.75, 3.05) is 0 Å². The van der Waals surface area contributed by atoms with Gasteiger partial charge in [-0.15, -0.1) is 214 Å². The van der Waals surface area contributed by atoms with E-state index in [1.807, 2.05) is 0 Å². The normalized spacial score (nSPS) is 15.6. The first-order valence-corrected chi connectivity index (χ1v) is 101. The van der Waals surface area contributed by atoms with Crippen molar-refractivity contribution in [1.82, 2.24) is 0 Å². The van der Waals surface area contributed by atoms with Crippen molar-refractivity contribution in [3.63, 3.8) is 0 Å². The first-order chi connectivity index (χ1) is 22.7. The van der Waals surface area contributed by atoms with Crippen molar-refractivity contribution < 1.29 is 0 Å². The summed E-state index contributed by atoms with van der Waals surface area (Å²) in [5.74, 6) is 0. The summed E-state index contributed by atoms with van der Waals surface area (Å²) in [6.45, 7) is -4.74. The lowest BCUT2D eigenvalue weighted by Gasteiger charge is -2.58. The Labute approximate surface area is 394 Å². The summed E-state index contributed by atoms with van der Waals surface area (Å²) in [6, 6.07) is 0. The summed E-state index contributed by atoms with van der Waals surface area (Å²) in [5.41, 5.74) is 0. The molecule has 0 aliphatic heterocycles. The van der Waals surface area contributed by atoms with Crippen LogP contribution in [0.4, 0.5) is 0 Å². The molecule has 0 amide bonds. The molecule has 0 fully saturated rings. The molecule has 50 heavy (non-hydrogen) atoms. The molecule has 0 spiro atoms. The van der Waals surface area contributed by atoms with Crippen LogP contribution in [0, 0.1) is 0 Å². The van der Waals surface area contributed by atoms with E-state index in [4.69, 9.17) is 0 Å². The highest BCUT2D eigenvalue weighted by Crippen LogP contribution is 3.46. The molecule has 0 aromatic rings. The Morgan fingerprint density at radius 3 is 0.400 bits per heavy atom. The standard InChI is InChI=1S/H50P50/c1-27(2)40(28(3)4)46(39(25)26)49(45(37(21)22)38(23)24)50(47(41(29(5)6)30(7)8)42(31(9)10)32(11)12)48(43(33(13)14)34(15)16)44(35(17)18)36(19)20/h1-2H,3-26H2. The SMILES string of the molecule is [PH]P([PH])P(P(P)P)P(P(P)P)P(P(P(P)P)P(P)P)P(P(P(P(P)P)P(P)P)P(P(P)P)P(P)P)P(P(P(P)P)P(P)P)P(P(P)P)P(P)P. The fourth-order valence-corrected chi connectivity index (χ4v) is 707. The third kappa shape index (κ3) is 25.3. The van der Waals surface area contributed by atoms with E-state index in [0.29, 0.717) is 0 Å². The van der Waals surface area contributed by atoms with Gasteiger partial charge in [-0.05, 0) is 168 Å². The summed E-state index contributed by atoms with van der Waals surface area (Å²) >= 11 is 0. The summed E-state index contributed by atoms with van der Waals surface area (Å²) in [6.07, 6.45) is 0. The Hall–Kier alpha value is 21.5. The molecule has 300 valence electrons. The molecule has 0 aromatic heterocycles. The molecule has 0 bridgehead atoms. The van der Waals surface area contributed by atoms with E-state index in [1.54, 1.807) is 0 Å². The van der Waals surface area contributed by atoms with Crippen LogP contribution in [0.2, 0.25) is 0 Å². The van der Waals surface area contributed by atoms with Gasteiger partial charge in [0.05, 0.1) is 0 Å². The highest BCUT2D eigenvalue weighted by molar-refractivity contribution is 9.52. The molecule has 50 heteroatoms. The van der Waals surface area contributed by atoms with Crippen molar-refractivity contribution >= 4 is 400 Å². The van der Waals surface area contributed by atoms with Crippen LogP contribution in [-0.4, -0.2) is 0 Å². The minimum Gasteiger partial charge on any atom is -0.102 e. The molecule has 0 N–H and O–H groups in total. The Balaban J connectivity index is 9.52. The van der Waals surface area contributed by atoms with Gasteiger partial charge in [0.2, 0.25) is 0 Å². The molecule has 0 saturated heterocycles. The maximum Gasteiger partial charge on any atom is -0.0000146 e. The van der Waals surface area contributed by atoms with Crippen LogP contribution in [0.1, 0.15) is 0 Å². The van der Waals surface area contributed by atoms with Gasteiger partial charge in [0.25, 0.3) is 0 Å². The van der Waals surface area contributed by atoms with Gasteiger partial charge in [-0.2, -0.15) is 0 Å². The zero-order chi connectivity index (χ0) is 39.9. The molecule has 0 aliphatic carbocycles. The van der Waals surface area contributed by atoms with Crippen molar-refractivity contribution in [2.24, 2.45) is 0 Å². The van der Waals surface area contributed by atoms with Gasteiger partial charge in [0.1, 0.15) is 0 Å². The molecular formula is H50P50. The molecule has 0 saturated carbocycles. The van der Waals surface area contributed by atoms with Crippen LogP contribution in [0.15, 0.2) is 0 Å². The Kier molecular flexibility index (Phi) is 55.7. The molecule has 0 aliphatic rings. The molecule has 0 nitrogen and oxygen atoms in total. The van der Waals surface area contributed by atoms with E-state index in [2.05, 4.69) is 232 Å². The predicted molar refractivity (Wildman–Crippen MR) is 416 cm³/mol. The molecule has 27 atom stereocenters. The summed E-state index contributed by atoms with van der Waals surface area (Å²) < 4.78 is 0. The average molecular weight is 1600 g/mol. The van der Waals surface area contributed by atoms with Gasteiger partial charge in [0, 0.05) is 0 Å². The van der Waals surface area contributed by atoms with E-state index in [9.17, 15) is 0 Å². The molecule has 0 heterocycles.